The summed E-state index contributed by atoms with van der Waals surface area (Å²) in [6.45, 7) is 8.29. The SMILES string of the molecule is CC(C)(C)OC(=O)N1CCCN(c2ccc(C#N)nn2)CC1. The van der Waals surface area contributed by atoms with Gasteiger partial charge in [0.25, 0.3) is 0 Å². The zero-order valence-corrected chi connectivity index (χ0v) is 13.2. The van der Waals surface area contributed by atoms with E-state index in [0.29, 0.717) is 25.3 Å². The Labute approximate surface area is 130 Å². The van der Waals surface area contributed by atoms with Crippen molar-refractivity contribution in [2.45, 2.75) is 32.8 Å². The Morgan fingerprint density at radius 3 is 2.59 bits per heavy atom. The Morgan fingerprint density at radius 2 is 2.00 bits per heavy atom. The first kappa shape index (κ1) is 16.0. The summed E-state index contributed by atoms with van der Waals surface area (Å²) in [5.41, 5.74) is -0.184. The molecule has 0 bridgehead atoms. The molecule has 0 radical (unpaired) electrons. The second-order valence-corrected chi connectivity index (χ2v) is 6.20. The van der Waals surface area contributed by atoms with E-state index in [0.717, 1.165) is 18.8 Å². The van der Waals surface area contributed by atoms with Crippen molar-refractivity contribution in [3.8, 4) is 6.07 Å². The molecule has 1 aliphatic rings. The van der Waals surface area contributed by atoms with Crippen LogP contribution in [0.15, 0.2) is 12.1 Å². The predicted molar refractivity (Wildman–Crippen MR) is 81.4 cm³/mol. The number of rotatable bonds is 1. The van der Waals surface area contributed by atoms with Crippen LogP contribution in [0.25, 0.3) is 0 Å². The number of nitrogens with zero attached hydrogens (tertiary/aromatic N) is 5. The van der Waals surface area contributed by atoms with Crippen molar-refractivity contribution in [1.82, 2.24) is 15.1 Å². The van der Waals surface area contributed by atoms with Crippen molar-refractivity contribution in [1.29, 1.82) is 5.26 Å². The highest BCUT2D eigenvalue weighted by atomic mass is 16.6. The highest BCUT2D eigenvalue weighted by molar-refractivity contribution is 5.68. The maximum Gasteiger partial charge on any atom is 0.410 e. The number of hydrogen-bond acceptors (Lipinski definition) is 6. The van der Waals surface area contributed by atoms with E-state index >= 15 is 0 Å². The van der Waals surface area contributed by atoms with Crippen LogP contribution < -0.4 is 4.90 Å². The number of hydrogen-bond donors (Lipinski definition) is 0. The molecule has 1 amide bonds. The van der Waals surface area contributed by atoms with Crippen molar-refractivity contribution < 1.29 is 9.53 Å². The van der Waals surface area contributed by atoms with Gasteiger partial charge in [0, 0.05) is 26.2 Å². The standard InChI is InChI=1S/C15H21N5O2/c1-15(2,3)22-14(21)20-8-4-7-19(9-10-20)13-6-5-12(11-16)17-18-13/h5-6H,4,7-10H2,1-3H3. The second-order valence-electron chi connectivity index (χ2n) is 6.20. The average Bonchev–Trinajstić information content (AvgIpc) is 2.71. The molecule has 118 valence electrons. The molecule has 0 saturated carbocycles. The first-order valence-corrected chi connectivity index (χ1v) is 7.36. The number of amides is 1. The lowest BCUT2D eigenvalue weighted by atomic mass is 10.2. The Bertz CT molecular complexity index is 559. The lowest BCUT2D eigenvalue weighted by Crippen LogP contribution is -2.39. The van der Waals surface area contributed by atoms with Gasteiger partial charge in [-0.2, -0.15) is 5.26 Å². The van der Waals surface area contributed by atoms with Crippen LogP contribution in [0.4, 0.5) is 10.6 Å². The smallest absolute Gasteiger partial charge is 0.410 e. The van der Waals surface area contributed by atoms with Gasteiger partial charge < -0.3 is 14.5 Å². The van der Waals surface area contributed by atoms with Crippen molar-refractivity contribution >= 4 is 11.9 Å². The van der Waals surface area contributed by atoms with Gasteiger partial charge in [0.1, 0.15) is 11.7 Å². The topological polar surface area (TPSA) is 82.4 Å². The highest BCUT2D eigenvalue weighted by Gasteiger charge is 2.24. The molecule has 7 nitrogen and oxygen atoms in total. The third-order valence-corrected chi connectivity index (χ3v) is 3.24. The van der Waals surface area contributed by atoms with Gasteiger partial charge in [-0.3, -0.25) is 0 Å². The van der Waals surface area contributed by atoms with E-state index in [1.54, 1.807) is 17.0 Å². The lowest BCUT2D eigenvalue weighted by molar-refractivity contribution is 0.0263. The molecule has 22 heavy (non-hydrogen) atoms. The van der Waals surface area contributed by atoms with Gasteiger partial charge in [-0.05, 0) is 39.3 Å². The molecule has 2 heterocycles. The molecule has 0 aromatic carbocycles. The Kier molecular flexibility index (Phi) is 4.81. The Morgan fingerprint density at radius 1 is 1.23 bits per heavy atom. The predicted octanol–water partition coefficient (Wildman–Crippen LogP) is 1.80. The molecule has 1 fully saturated rings. The number of ether oxygens (including phenoxy) is 1. The van der Waals surface area contributed by atoms with E-state index < -0.39 is 5.60 Å². The zero-order chi connectivity index (χ0) is 16.2. The largest absolute Gasteiger partial charge is 0.444 e. The normalized spacial score (nSPS) is 15.9. The molecule has 0 aliphatic carbocycles. The van der Waals surface area contributed by atoms with Crippen LogP contribution in [0.1, 0.15) is 32.9 Å². The number of nitriles is 1. The van der Waals surface area contributed by atoms with Crippen molar-refractivity contribution in [3.63, 3.8) is 0 Å². The third-order valence-electron chi connectivity index (χ3n) is 3.24. The molecule has 0 spiro atoms. The summed E-state index contributed by atoms with van der Waals surface area (Å²) in [4.78, 5) is 15.9. The van der Waals surface area contributed by atoms with Crippen molar-refractivity contribution in [3.05, 3.63) is 17.8 Å². The van der Waals surface area contributed by atoms with Gasteiger partial charge in [-0.1, -0.05) is 0 Å². The maximum absolute atomic E-state index is 12.1. The van der Waals surface area contributed by atoms with Crippen LogP contribution in [0.2, 0.25) is 0 Å². The van der Waals surface area contributed by atoms with Gasteiger partial charge >= 0.3 is 6.09 Å². The first-order valence-electron chi connectivity index (χ1n) is 7.36. The molecule has 1 aromatic rings. The fourth-order valence-corrected chi connectivity index (χ4v) is 2.21. The summed E-state index contributed by atoms with van der Waals surface area (Å²) in [5, 5.41) is 16.7. The Balaban J connectivity index is 1.97. The Hall–Kier alpha value is -2.36. The molecule has 7 heteroatoms. The first-order chi connectivity index (χ1) is 10.4. The zero-order valence-electron chi connectivity index (χ0n) is 13.2. The van der Waals surface area contributed by atoms with E-state index in [4.69, 9.17) is 10.00 Å². The monoisotopic (exact) mass is 303 g/mol. The number of carbonyl (C=O) groups excluding carboxylic acids is 1. The number of aromatic nitrogens is 2. The minimum absolute atomic E-state index is 0.278. The van der Waals surface area contributed by atoms with E-state index in [-0.39, 0.29) is 6.09 Å². The molecular formula is C15H21N5O2. The fourth-order valence-electron chi connectivity index (χ4n) is 2.21. The minimum atomic E-state index is -0.484. The fraction of sp³-hybridized carbons (Fsp3) is 0.600. The van der Waals surface area contributed by atoms with Gasteiger partial charge in [0.2, 0.25) is 0 Å². The van der Waals surface area contributed by atoms with Gasteiger partial charge in [-0.25, -0.2) is 4.79 Å². The average molecular weight is 303 g/mol. The van der Waals surface area contributed by atoms with Crippen molar-refractivity contribution in [2.75, 3.05) is 31.1 Å². The quantitative estimate of drug-likeness (QED) is 0.786. The third kappa shape index (κ3) is 4.32. The summed E-state index contributed by atoms with van der Waals surface area (Å²) in [7, 11) is 0. The summed E-state index contributed by atoms with van der Waals surface area (Å²) >= 11 is 0. The van der Waals surface area contributed by atoms with E-state index in [9.17, 15) is 4.79 Å². The number of anilines is 1. The summed E-state index contributed by atoms with van der Waals surface area (Å²) in [6.07, 6.45) is 0.557. The number of carbonyl (C=O) groups is 1. The van der Waals surface area contributed by atoms with Crippen LogP contribution in [-0.4, -0.2) is 53.0 Å². The highest BCUT2D eigenvalue weighted by Crippen LogP contribution is 2.15. The van der Waals surface area contributed by atoms with Gasteiger partial charge in [0.05, 0.1) is 0 Å². The molecule has 0 atom stereocenters. The summed E-state index contributed by atoms with van der Waals surface area (Å²) < 4.78 is 5.41. The lowest BCUT2D eigenvalue weighted by Gasteiger charge is -2.26. The van der Waals surface area contributed by atoms with Crippen LogP contribution in [0, 0.1) is 11.3 Å². The van der Waals surface area contributed by atoms with E-state index in [1.807, 2.05) is 26.8 Å². The summed E-state index contributed by atoms with van der Waals surface area (Å²) in [6, 6.07) is 5.39. The molecule has 1 saturated heterocycles. The molecular weight excluding hydrogens is 282 g/mol. The van der Waals surface area contributed by atoms with Crippen molar-refractivity contribution in [2.24, 2.45) is 0 Å². The molecule has 2 rings (SSSR count). The second kappa shape index (κ2) is 6.60. The van der Waals surface area contributed by atoms with Crippen LogP contribution in [0.5, 0.6) is 0 Å². The molecule has 0 unspecified atom stereocenters. The molecule has 1 aliphatic heterocycles. The van der Waals surface area contributed by atoms with E-state index in [2.05, 4.69) is 15.1 Å². The van der Waals surface area contributed by atoms with Crippen LogP contribution in [-0.2, 0) is 4.74 Å². The minimum Gasteiger partial charge on any atom is -0.444 e. The maximum atomic E-state index is 12.1. The molecule has 0 N–H and O–H groups in total. The van der Waals surface area contributed by atoms with E-state index in [1.165, 1.54) is 0 Å². The van der Waals surface area contributed by atoms with Crippen LogP contribution in [0.3, 0.4) is 0 Å². The van der Waals surface area contributed by atoms with Gasteiger partial charge in [-0.15, -0.1) is 10.2 Å². The summed E-state index contributed by atoms with van der Waals surface area (Å²) in [5.74, 6) is 0.727. The van der Waals surface area contributed by atoms with Crippen LogP contribution >= 0.6 is 0 Å². The van der Waals surface area contributed by atoms with Gasteiger partial charge in [0.15, 0.2) is 11.5 Å². The molecule has 1 aromatic heterocycles.